The van der Waals surface area contributed by atoms with E-state index in [9.17, 15) is 22.0 Å². The van der Waals surface area contributed by atoms with Crippen LogP contribution < -0.4 is 0 Å². The molecule has 5 heteroatoms. The lowest BCUT2D eigenvalue weighted by Gasteiger charge is -2.18. The Balaban J connectivity index is 2.67. The smallest absolute Gasteiger partial charge is 0.196 e. The fourth-order valence-corrected chi connectivity index (χ4v) is 1.04. The third-order valence-corrected chi connectivity index (χ3v) is 1.95. The van der Waals surface area contributed by atoms with Crippen molar-refractivity contribution in [1.82, 2.24) is 0 Å². The van der Waals surface area contributed by atoms with Gasteiger partial charge >= 0.3 is 12.1 Å². The summed E-state index contributed by atoms with van der Waals surface area (Å²) in [6.45, 7) is 1.39. The van der Waals surface area contributed by atoms with Gasteiger partial charge in [-0.1, -0.05) is 6.92 Å². The molecule has 0 bridgehead atoms. The van der Waals surface area contributed by atoms with Gasteiger partial charge in [0, 0.05) is 5.92 Å². The molecule has 2 atom stereocenters. The Morgan fingerprint density at radius 1 is 1.09 bits per heavy atom. The van der Waals surface area contributed by atoms with E-state index in [0.717, 1.165) is 0 Å². The van der Waals surface area contributed by atoms with Gasteiger partial charge in [-0.2, -0.15) is 22.0 Å². The summed E-state index contributed by atoms with van der Waals surface area (Å²) >= 11 is 0. The van der Waals surface area contributed by atoms with Crippen LogP contribution in [0.1, 0.15) is 13.3 Å². The van der Waals surface area contributed by atoms with Crippen LogP contribution >= 0.6 is 0 Å². The third kappa shape index (κ3) is 1.32. The summed E-state index contributed by atoms with van der Waals surface area (Å²) in [5, 5.41) is 0. The Kier molecular flexibility index (Phi) is 1.65. The van der Waals surface area contributed by atoms with Crippen LogP contribution in [0.5, 0.6) is 0 Å². The fraction of sp³-hybridized carbons (Fsp3) is 1.00. The molecular weight excluding hydrogens is 167 g/mol. The van der Waals surface area contributed by atoms with E-state index in [0.29, 0.717) is 0 Å². The topological polar surface area (TPSA) is 0 Å². The Labute approximate surface area is 60.4 Å². The van der Waals surface area contributed by atoms with Gasteiger partial charge in [0.25, 0.3) is 0 Å². The molecule has 1 aliphatic rings. The summed E-state index contributed by atoms with van der Waals surface area (Å²) in [6, 6.07) is 0. The minimum atomic E-state index is -5.37. The van der Waals surface area contributed by atoms with Crippen LogP contribution in [0.25, 0.3) is 0 Å². The van der Waals surface area contributed by atoms with E-state index in [1.54, 1.807) is 0 Å². The highest BCUT2D eigenvalue weighted by molar-refractivity contribution is 4.97. The van der Waals surface area contributed by atoms with Gasteiger partial charge in [-0.15, -0.1) is 0 Å². The van der Waals surface area contributed by atoms with Crippen molar-refractivity contribution < 1.29 is 22.0 Å². The largest absolute Gasteiger partial charge is 0.453 e. The van der Waals surface area contributed by atoms with Crippen molar-refractivity contribution in [1.29, 1.82) is 0 Å². The van der Waals surface area contributed by atoms with Crippen molar-refractivity contribution in [2.45, 2.75) is 25.4 Å². The maximum Gasteiger partial charge on any atom is 0.453 e. The molecule has 0 aromatic carbocycles. The number of hydrogen-bond acceptors (Lipinski definition) is 0. The molecule has 0 heterocycles. The van der Waals surface area contributed by atoms with E-state index in [4.69, 9.17) is 0 Å². The van der Waals surface area contributed by atoms with Gasteiger partial charge in [-0.05, 0) is 12.3 Å². The summed E-state index contributed by atoms with van der Waals surface area (Å²) in [6.07, 6.45) is -5.39. The first-order chi connectivity index (χ1) is 4.77. The first-order valence-electron chi connectivity index (χ1n) is 3.21. The molecule has 0 nitrogen and oxygen atoms in total. The number of halogens is 5. The van der Waals surface area contributed by atoms with Gasteiger partial charge in [0.1, 0.15) is 0 Å². The van der Waals surface area contributed by atoms with Gasteiger partial charge in [0.2, 0.25) is 0 Å². The Hall–Kier alpha value is -0.350. The number of hydrogen-bond donors (Lipinski definition) is 0. The minimum Gasteiger partial charge on any atom is -0.196 e. The molecule has 0 aromatic heterocycles. The van der Waals surface area contributed by atoms with Gasteiger partial charge in [0.05, 0.1) is 0 Å². The van der Waals surface area contributed by atoms with Crippen LogP contribution in [-0.4, -0.2) is 12.1 Å². The monoisotopic (exact) mass is 174 g/mol. The number of rotatable bonds is 1. The highest BCUT2D eigenvalue weighted by atomic mass is 19.4. The van der Waals surface area contributed by atoms with Crippen molar-refractivity contribution in [2.75, 3.05) is 0 Å². The third-order valence-electron chi connectivity index (χ3n) is 1.95. The summed E-state index contributed by atoms with van der Waals surface area (Å²) in [5.74, 6) is -6.46. The first-order valence-corrected chi connectivity index (χ1v) is 3.21. The summed E-state index contributed by atoms with van der Waals surface area (Å²) in [5.41, 5.74) is 0. The predicted molar refractivity (Wildman–Crippen MR) is 28.3 cm³/mol. The molecule has 0 saturated heterocycles. The van der Waals surface area contributed by atoms with Gasteiger partial charge in [0.15, 0.2) is 0 Å². The zero-order valence-corrected chi connectivity index (χ0v) is 5.75. The highest BCUT2D eigenvalue weighted by Gasteiger charge is 2.67. The average Bonchev–Trinajstić information content (AvgIpc) is 2.43. The molecule has 0 N–H and O–H groups in total. The van der Waals surface area contributed by atoms with Crippen LogP contribution in [0.15, 0.2) is 0 Å². The van der Waals surface area contributed by atoms with Crippen molar-refractivity contribution in [2.24, 2.45) is 11.8 Å². The average molecular weight is 174 g/mol. The maximum atomic E-state index is 12.2. The lowest BCUT2D eigenvalue weighted by Crippen LogP contribution is -2.38. The normalized spacial score (nSPS) is 32.2. The highest BCUT2D eigenvalue weighted by Crippen LogP contribution is 2.55. The molecule has 1 fully saturated rings. The predicted octanol–water partition coefficient (Wildman–Crippen LogP) is 2.84. The second-order valence-electron chi connectivity index (χ2n) is 2.94. The maximum absolute atomic E-state index is 12.2. The van der Waals surface area contributed by atoms with E-state index >= 15 is 0 Å². The molecule has 0 aliphatic heterocycles. The van der Waals surface area contributed by atoms with Gasteiger partial charge < -0.3 is 0 Å². The minimum absolute atomic E-state index is 0.0213. The van der Waals surface area contributed by atoms with Crippen LogP contribution in [-0.2, 0) is 0 Å². The SMILES string of the molecule is CC1CC1C(F)(F)C(F)(F)F. The fourth-order valence-electron chi connectivity index (χ4n) is 1.04. The second kappa shape index (κ2) is 2.08. The summed E-state index contributed by atoms with van der Waals surface area (Å²) < 4.78 is 59.1. The summed E-state index contributed by atoms with van der Waals surface area (Å²) in [7, 11) is 0. The van der Waals surface area contributed by atoms with E-state index in [-0.39, 0.29) is 6.42 Å². The first kappa shape index (κ1) is 8.74. The van der Waals surface area contributed by atoms with Crippen LogP contribution in [0.4, 0.5) is 22.0 Å². The Morgan fingerprint density at radius 3 is 1.55 bits per heavy atom. The van der Waals surface area contributed by atoms with Crippen molar-refractivity contribution in [3.05, 3.63) is 0 Å². The van der Waals surface area contributed by atoms with E-state index < -0.39 is 23.9 Å². The van der Waals surface area contributed by atoms with E-state index in [1.807, 2.05) is 0 Å². The molecule has 1 rings (SSSR count). The van der Waals surface area contributed by atoms with Crippen molar-refractivity contribution in [3.8, 4) is 0 Å². The van der Waals surface area contributed by atoms with Gasteiger partial charge in [-0.25, -0.2) is 0 Å². The molecule has 66 valence electrons. The zero-order valence-electron chi connectivity index (χ0n) is 5.75. The van der Waals surface area contributed by atoms with Crippen molar-refractivity contribution >= 4 is 0 Å². The molecule has 2 unspecified atom stereocenters. The van der Waals surface area contributed by atoms with Crippen LogP contribution in [0, 0.1) is 11.8 Å². The standard InChI is InChI=1S/C6H7F5/c1-3-2-4(3)5(7,8)6(9,10)11/h3-4H,2H2,1H3. The molecule has 0 aromatic rings. The van der Waals surface area contributed by atoms with E-state index in [1.165, 1.54) is 6.92 Å². The van der Waals surface area contributed by atoms with Crippen molar-refractivity contribution in [3.63, 3.8) is 0 Å². The van der Waals surface area contributed by atoms with Crippen LogP contribution in [0.2, 0.25) is 0 Å². The Morgan fingerprint density at radius 2 is 1.45 bits per heavy atom. The summed E-state index contributed by atoms with van der Waals surface area (Å²) in [4.78, 5) is 0. The van der Waals surface area contributed by atoms with E-state index in [2.05, 4.69) is 0 Å². The quantitative estimate of drug-likeness (QED) is 0.536. The molecule has 1 saturated carbocycles. The molecule has 0 amide bonds. The Bertz CT molecular complexity index is 159. The molecule has 1 aliphatic carbocycles. The molecule has 0 spiro atoms. The van der Waals surface area contributed by atoms with Gasteiger partial charge in [-0.3, -0.25) is 0 Å². The van der Waals surface area contributed by atoms with Crippen LogP contribution in [0.3, 0.4) is 0 Å². The molecular formula is C6H7F5. The molecule has 0 radical (unpaired) electrons. The second-order valence-corrected chi connectivity index (χ2v) is 2.94. The lowest BCUT2D eigenvalue weighted by atomic mass is 10.2. The number of alkyl halides is 5. The lowest BCUT2D eigenvalue weighted by molar-refractivity contribution is -0.292. The molecule has 11 heavy (non-hydrogen) atoms. The zero-order chi connectivity index (χ0) is 8.86.